The lowest BCUT2D eigenvalue weighted by molar-refractivity contribution is -0.325. The van der Waals surface area contributed by atoms with Crippen LogP contribution in [0.25, 0.3) is 0 Å². The monoisotopic (exact) mass is 315 g/mol. The Labute approximate surface area is 135 Å². The summed E-state index contributed by atoms with van der Waals surface area (Å²) in [4.78, 5) is 23.9. The molecule has 1 fully saturated rings. The maximum absolute atomic E-state index is 10.9. The van der Waals surface area contributed by atoms with E-state index < -0.39 is 0 Å². The fraction of sp³-hybridized carbons (Fsp3) is 0.941. The molecule has 22 heavy (non-hydrogen) atoms. The van der Waals surface area contributed by atoms with E-state index in [1.165, 1.54) is 0 Å². The van der Waals surface area contributed by atoms with Gasteiger partial charge in [0.1, 0.15) is 11.9 Å². The fourth-order valence-electron chi connectivity index (χ4n) is 3.52. The first kappa shape index (κ1) is 19.6. The summed E-state index contributed by atoms with van der Waals surface area (Å²) >= 11 is 0. The SMILES string of the molecule is COC1CC(C)(C)N(CC(C)OOCCC(C)=O)C(C)(C)C1. The molecule has 0 aromatic carbocycles. The van der Waals surface area contributed by atoms with Crippen LogP contribution < -0.4 is 0 Å². The van der Waals surface area contributed by atoms with Gasteiger partial charge >= 0.3 is 0 Å². The lowest BCUT2D eigenvalue weighted by atomic mass is 9.78. The Balaban J connectivity index is 2.56. The van der Waals surface area contributed by atoms with Crippen molar-refractivity contribution in [2.45, 2.75) is 84.1 Å². The highest BCUT2D eigenvalue weighted by atomic mass is 17.2. The highest BCUT2D eigenvalue weighted by Crippen LogP contribution is 2.39. The van der Waals surface area contributed by atoms with Crippen molar-refractivity contribution in [1.29, 1.82) is 0 Å². The van der Waals surface area contributed by atoms with E-state index in [0.29, 0.717) is 19.1 Å². The zero-order chi connectivity index (χ0) is 17.0. The van der Waals surface area contributed by atoms with Gasteiger partial charge in [0.15, 0.2) is 0 Å². The molecule has 1 aliphatic heterocycles. The molecule has 5 heteroatoms. The van der Waals surface area contributed by atoms with E-state index in [9.17, 15) is 4.79 Å². The molecule has 1 unspecified atom stereocenters. The van der Waals surface area contributed by atoms with Gasteiger partial charge in [0.25, 0.3) is 0 Å². The van der Waals surface area contributed by atoms with Crippen LogP contribution >= 0.6 is 0 Å². The van der Waals surface area contributed by atoms with Gasteiger partial charge < -0.3 is 4.74 Å². The summed E-state index contributed by atoms with van der Waals surface area (Å²) in [5.74, 6) is 0.111. The van der Waals surface area contributed by atoms with Crippen molar-refractivity contribution in [2.24, 2.45) is 0 Å². The molecular formula is C17H33NO4. The van der Waals surface area contributed by atoms with Crippen LogP contribution in [0.3, 0.4) is 0 Å². The molecule has 1 aliphatic rings. The molecule has 1 atom stereocenters. The molecule has 1 rings (SSSR count). The second kappa shape index (κ2) is 7.86. The van der Waals surface area contributed by atoms with Crippen LogP contribution in [0.2, 0.25) is 0 Å². The van der Waals surface area contributed by atoms with Crippen molar-refractivity contribution < 1.29 is 19.3 Å². The van der Waals surface area contributed by atoms with Gasteiger partial charge in [0.2, 0.25) is 0 Å². The minimum Gasteiger partial charge on any atom is -0.381 e. The van der Waals surface area contributed by atoms with Gasteiger partial charge in [-0.05, 0) is 54.4 Å². The van der Waals surface area contributed by atoms with E-state index in [-0.39, 0.29) is 23.0 Å². The summed E-state index contributed by atoms with van der Waals surface area (Å²) in [6.07, 6.45) is 2.65. The van der Waals surface area contributed by atoms with Gasteiger partial charge in [-0.2, -0.15) is 0 Å². The number of piperidine rings is 1. The maximum Gasteiger partial charge on any atom is 0.132 e. The molecule has 1 saturated heterocycles. The largest absolute Gasteiger partial charge is 0.381 e. The fourth-order valence-corrected chi connectivity index (χ4v) is 3.52. The van der Waals surface area contributed by atoms with Gasteiger partial charge in [-0.1, -0.05) is 0 Å². The van der Waals surface area contributed by atoms with Gasteiger partial charge in [-0.25, -0.2) is 9.78 Å². The Morgan fingerprint density at radius 1 is 1.23 bits per heavy atom. The molecule has 0 aromatic rings. The van der Waals surface area contributed by atoms with E-state index in [2.05, 4.69) is 32.6 Å². The predicted molar refractivity (Wildman–Crippen MR) is 86.7 cm³/mol. The van der Waals surface area contributed by atoms with E-state index in [1.54, 1.807) is 14.0 Å². The Kier molecular flexibility index (Phi) is 6.99. The summed E-state index contributed by atoms with van der Waals surface area (Å²) in [7, 11) is 1.79. The molecule has 0 spiro atoms. The first-order chi connectivity index (χ1) is 10.1. The zero-order valence-corrected chi connectivity index (χ0v) is 15.3. The lowest BCUT2D eigenvalue weighted by Gasteiger charge is -2.55. The molecule has 0 saturated carbocycles. The standard InChI is InChI=1S/C17H33NO4/c1-13(19)8-9-21-22-14(2)12-18-16(3,4)10-15(20-7)11-17(18,5)6/h14-15H,8-12H2,1-7H3. The second-order valence-electron chi connectivity index (χ2n) is 7.68. The molecule has 0 bridgehead atoms. The first-order valence-electron chi connectivity index (χ1n) is 8.17. The van der Waals surface area contributed by atoms with Crippen LogP contribution in [0, 0.1) is 0 Å². The maximum atomic E-state index is 10.9. The third-order valence-corrected chi connectivity index (χ3v) is 4.46. The summed E-state index contributed by atoms with van der Waals surface area (Å²) in [5.41, 5.74) is 0.0822. The van der Waals surface area contributed by atoms with Gasteiger partial charge in [-0.3, -0.25) is 9.69 Å². The smallest absolute Gasteiger partial charge is 0.132 e. The number of hydrogen-bond acceptors (Lipinski definition) is 5. The normalized spacial score (nSPS) is 23.4. The molecule has 0 amide bonds. The average molecular weight is 315 g/mol. The van der Waals surface area contributed by atoms with Crippen molar-refractivity contribution in [3.05, 3.63) is 0 Å². The van der Waals surface area contributed by atoms with E-state index >= 15 is 0 Å². The molecular weight excluding hydrogens is 282 g/mol. The van der Waals surface area contributed by atoms with Crippen molar-refractivity contribution in [3.63, 3.8) is 0 Å². The first-order valence-corrected chi connectivity index (χ1v) is 8.17. The minimum absolute atomic E-state index is 0.0411. The molecule has 130 valence electrons. The number of methoxy groups -OCH3 is 1. The van der Waals surface area contributed by atoms with Crippen LogP contribution in [0.4, 0.5) is 0 Å². The average Bonchev–Trinajstić information content (AvgIpc) is 2.37. The summed E-state index contributed by atoms with van der Waals surface area (Å²) < 4.78 is 5.60. The van der Waals surface area contributed by atoms with Crippen LogP contribution in [0.1, 0.15) is 60.8 Å². The van der Waals surface area contributed by atoms with Crippen molar-refractivity contribution in [2.75, 3.05) is 20.3 Å². The van der Waals surface area contributed by atoms with Gasteiger partial charge in [-0.15, -0.1) is 0 Å². The van der Waals surface area contributed by atoms with Crippen LogP contribution in [-0.2, 0) is 19.3 Å². The van der Waals surface area contributed by atoms with Crippen LogP contribution in [0.15, 0.2) is 0 Å². The number of ketones is 1. The molecule has 0 aromatic heterocycles. The molecule has 0 N–H and O–H groups in total. The lowest BCUT2D eigenvalue weighted by Crippen LogP contribution is -2.63. The highest BCUT2D eigenvalue weighted by Gasteiger charge is 2.45. The van der Waals surface area contributed by atoms with E-state index in [1.807, 2.05) is 6.92 Å². The zero-order valence-electron chi connectivity index (χ0n) is 15.3. The third kappa shape index (κ3) is 5.61. The number of carbonyl (C=O) groups excluding carboxylic acids is 1. The molecule has 0 radical (unpaired) electrons. The van der Waals surface area contributed by atoms with Gasteiger partial charge in [0.05, 0.1) is 12.7 Å². The number of nitrogens with zero attached hydrogens (tertiary/aromatic N) is 1. The molecule has 0 aliphatic carbocycles. The van der Waals surface area contributed by atoms with E-state index in [4.69, 9.17) is 14.5 Å². The topological polar surface area (TPSA) is 48.0 Å². The highest BCUT2D eigenvalue weighted by molar-refractivity contribution is 5.75. The Morgan fingerprint density at radius 2 is 1.77 bits per heavy atom. The number of rotatable bonds is 8. The number of carbonyl (C=O) groups is 1. The third-order valence-electron chi connectivity index (χ3n) is 4.46. The summed E-state index contributed by atoms with van der Waals surface area (Å²) in [6.45, 7) is 13.7. The number of hydrogen-bond donors (Lipinski definition) is 0. The second-order valence-corrected chi connectivity index (χ2v) is 7.68. The summed E-state index contributed by atoms with van der Waals surface area (Å²) in [6, 6.07) is 0. The molecule has 1 heterocycles. The van der Waals surface area contributed by atoms with Crippen LogP contribution in [0.5, 0.6) is 0 Å². The Morgan fingerprint density at radius 3 is 2.23 bits per heavy atom. The van der Waals surface area contributed by atoms with Gasteiger partial charge in [0, 0.05) is 31.2 Å². The van der Waals surface area contributed by atoms with Crippen LogP contribution in [-0.4, -0.2) is 54.2 Å². The minimum atomic E-state index is -0.0513. The number of Topliss-reactive ketones (excluding diaryl/α,β-unsaturated/α-hetero) is 1. The molecule has 5 nitrogen and oxygen atoms in total. The number of ether oxygens (including phenoxy) is 1. The van der Waals surface area contributed by atoms with E-state index in [0.717, 1.165) is 19.4 Å². The van der Waals surface area contributed by atoms with Crippen molar-refractivity contribution in [1.82, 2.24) is 4.90 Å². The van der Waals surface area contributed by atoms with Crippen molar-refractivity contribution >= 4 is 5.78 Å². The van der Waals surface area contributed by atoms with Crippen molar-refractivity contribution in [3.8, 4) is 0 Å². The number of likely N-dealkylation sites (tertiary alicyclic amines) is 1. The Bertz CT molecular complexity index is 350. The predicted octanol–water partition coefficient (Wildman–Crippen LogP) is 2.97. The Hall–Kier alpha value is -0.490. The quantitative estimate of drug-likeness (QED) is 0.391. The summed E-state index contributed by atoms with van der Waals surface area (Å²) in [5, 5.41) is 0.